The van der Waals surface area contributed by atoms with Crippen molar-refractivity contribution < 1.29 is 13.2 Å². The van der Waals surface area contributed by atoms with Crippen LogP contribution in [0.1, 0.15) is 42.1 Å². The molecular weight excluding hydrogens is 362 g/mol. The van der Waals surface area contributed by atoms with Crippen molar-refractivity contribution in [3.63, 3.8) is 0 Å². The van der Waals surface area contributed by atoms with Gasteiger partial charge in [-0.3, -0.25) is 9.78 Å². The molecule has 2 aromatic rings. The second-order valence-corrected chi connectivity index (χ2v) is 8.75. The Morgan fingerprint density at radius 3 is 2.19 bits per heavy atom. The number of benzene rings is 1. The van der Waals surface area contributed by atoms with Gasteiger partial charge in [-0.15, -0.1) is 0 Å². The highest BCUT2D eigenvalue weighted by molar-refractivity contribution is 7.89. The lowest BCUT2D eigenvalue weighted by molar-refractivity contribution is 0.0698. The van der Waals surface area contributed by atoms with Crippen LogP contribution < -0.4 is 0 Å². The van der Waals surface area contributed by atoms with Gasteiger partial charge in [-0.05, 0) is 42.2 Å². The number of aromatic nitrogens is 1. The number of pyridine rings is 1. The molecule has 1 amide bonds. The number of amides is 1. The summed E-state index contributed by atoms with van der Waals surface area (Å²) in [6, 6.07) is 10.5. The zero-order valence-corrected chi connectivity index (χ0v) is 16.5. The molecule has 2 heterocycles. The molecule has 0 aliphatic carbocycles. The number of carbonyl (C=O) groups is 1. The minimum absolute atomic E-state index is 0.0904. The number of hydrogen-bond acceptors (Lipinski definition) is 4. The highest BCUT2D eigenvalue weighted by Gasteiger charge is 2.30. The average Bonchev–Trinajstić information content (AvgIpc) is 2.73. The lowest BCUT2D eigenvalue weighted by Crippen LogP contribution is -2.50. The second-order valence-electron chi connectivity index (χ2n) is 6.81. The van der Waals surface area contributed by atoms with E-state index in [0.717, 1.165) is 12.0 Å². The van der Waals surface area contributed by atoms with Crippen LogP contribution in [0.5, 0.6) is 0 Å². The summed E-state index contributed by atoms with van der Waals surface area (Å²) < 4.78 is 27.3. The first-order chi connectivity index (χ1) is 12.9. The average molecular weight is 388 g/mol. The van der Waals surface area contributed by atoms with Gasteiger partial charge in [0.05, 0.1) is 4.90 Å². The first kappa shape index (κ1) is 19.5. The predicted molar refractivity (Wildman–Crippen MR) is 104 cm³/mol. The molecule has 1 aliphatic rings. The van der Waals surface area contributed by atoms with Crippen LogP contribution >= 0.6 is 0 Å². The molecule has 1 fully saturated rings. The monoisotopic (exact) mass is 387 g/mol. The van der Waals surface area contributed by atoms with E-state index in [-0.39, 0.29) is 5.91 Å². The van der Waals surface area contributed by atoms with Crippen LogP contribution in [-0.2, 0) is 10.0 Å². The highest BCUT2D eigenvalue weighted by Crippen LogP contribution is 2.23. The summed E-state index contributed by atoms with van der Waals surface area (Å²) in [4.78, 5) is 18.4. The van der Waals surface area contributed by atoms with Gasteiger partial charge in [0, 0.05) is 44.1 Å². The summed E-state index contributed by atoms with van der Waals surface area (Å²) in [6.07, 6.45) is 4.17. The van der Waals surface area contributed by atoms with E-state index in [4.69, 9.17) is 0 Å². The fourth-order valence-corrected chi connectivity index (χ4v) is 4.58. The smallest absolute Gasteiger partial charge is 0.254 e. The SMILES string of the molecule is CC[C@@H](C)c1ccc(S(=O)(=O)N2CCN(C(=O)c3ccncc3)CC2)cc1. The van der Waals surface area contributed by atoms with Crippen LogP contribution in [0.4, 0.5) is 0 Å². The van der Waals surface area contributed by atoms with Crippen molar-refractivity contribution in [1.82, 2.24) is 14.2 Å². The molecule has 144 valence electrons. The van der Waals surface area contributed by atoms with Crippen LogP contribution in [0.2, 0.25) is 0 Å². The lowest BCUT2D eigenvalue weighted by Gasteiger charge is -2.34. The first-order valence-corrected chi connectivity index (χ1v) is 10.7. The fourth-order valence-electron chi connectivity index (χ4n) is 3.16. The summed E-state index contributed by atoms with van der Waals surface area (Å²) in [6.45, 7) is 5.60. The number of rotatable bonds is 5. The lowest BCUT2D eigenvalue weighted by atomic mass is 9.99. The van der Waals surface area contributed by atoms with Crippen LogP contribution in [0.15, 0.2) is 53.7 Å². The third kappa shape index (κ3) is 4.20. The Balaban J connectivity index is 1.67. The molecule has 3 rings (SSSR count). The van der Waals surface area contributed by atoms with E-state index in [9.17, 15) is 13.2 Å². The molecule has 1 aliphatic heterocycles. The van der Waals surface area contributed by atoms with Crippen LogP contribution in [0.25, 0.3) is 0 Å². The fraction of sp³-hybridized carbons (Fsp3) is 0.400. The van der Waals surface area contributed by atoms with Crippen molar-refractivity contribution in [2.45, 2.75) is 31.1 Å². The molecule has 1 aromatic heterocycles. The topological polar surface area (TPSA) is 70.6 Å². The van der Waals surface area contributed by atoms with Crippen molar-refractivity contribution in [2.75, 3.05) is 26.2 Å². The van der Waals surface area contributed by atoms with Crippen molar-refractivity contribution in [1.29, 1.82) is 0 Å². The maximum atomic E-state index is 12.9. The summed E-state index contributed by atoms with van der Waals surface area (Å²) >= 11 is 0. The van der Waals surface area contributed by atoms with Crippen molar-refractivity contribution in [3.8, 4) is 0 Å². The van der Waals surface area contributed by atoms with Gasteiger partial charge in [-0.25, -0.2) is 8.42 Å². The Bertz CT molecular complexity index is 874. The Kier molecular flexibility index (Phi) is 5.92. The molecule has 1 aromatic carbocycles. The normalized spacial score (nSPS) is 16.9. The van der Waals surface area contributed by atoms with E-state index in [1.807, 2.05) is 12.1 Å². The maximum absolute atomic E-state index is 12.9. The number of nitrogens with zero attached hydrogens (tertiary/aromatic N) is 3. The maximum Gasteiger partial charge on any atom is 0.254 e. The summed E-state index contributed by atoms with van der Waals surface area (Å²) in [5.74, 6) is 0.317. The minimum atomic E-state index is -3.54. The first-order valence-electron chi connectivity index (χ1n) is 9.23. The Labute approximate surface area is 160 Å². The molecule has 0 unspecified atom stereocenters. The van der Waals surface area contributed by atoms with Gasteiger partial charge in [0.25, 0.3) is 5.91 Å². The van der Waals surface area contributed by atoms with Gasteiger partial charge >= 0.3 is 0 Å². The van der Waals surface area contributed by atoms with Gasteiger partial charge < -0.3 is 4.90 Å². The van der Waals surface area contributed by atoms with E-state index >= 15 is 0 Å². The zero-order valence-electron chi connectivity index (χ0n) is 15.7. The summed E-state index contributed by atoms with van der Waals surface area (Å²) in [5, 5.41) is 0. The number of carbonyl (C=O) groups excluding carboxylic acids is 1. The molecule has 1 saturated heterocycles. The van der Waals surface area contributed by atoms with Crippen molar-refractivity contribution >= 4 is 15.9 Å². The third-order valence-corrected chi connectivity index (χ3v) is 7.07. The van der Waals surface area contributed by atoms with E-state index in [1.54, 1.807) is 41.6 Å². The third-order valence-electron chi connectivity index (χ3n) is 5.15. The molecule has 0 N–H and O–H groups in total. The van der Waals surface area contributed by atoms with Crippen molar-refractivity contribution in [2.24, 2.45) is 0 Å². The van der Waals surface area contributed by atoms with Gasteiger partial charge in [0.1, 0.15) is 0 Å². The van der Waals surface area contributed by atoms with E-state index < -0.39 is 10.0 Å². The summed E-state index contributed by atoms with van der Waals surface area (Å²) in [7, 11) is -3.54. The molecule has 0 radical (unpaired) electrons. The summed E-state index contributed by atoms with van der Waals surface area (Å²) in [5.41, 5.74) is 1.71. The van der Waals surface area contributed by atoms with E-state index in [0.29, 0.717) is 42.6 Å². The number of piperazine rings is 1. The Hall–Kier alpha value is -2.25. The molecule has 27 heavy (non-hydrogen) atoms. The number of hydrogen-bond donors (Lipinski definition) is 0. The molecule has 0 bridgehead atoms. The minimum Gasteiger partial charge on any atom is -0.336 e. The zero-order chi connectivity index (χ0) is 19.4. The molecule has 7 heteroatoms. The second kappa shape index (κ2) is 8.19. The molecule has 0 saturated carbocycles. The van der Waals surface area contributed by atoms with E-state index in [1.165, 1.54) is 4.31 Å². The van der Waals surface area contributed by atoms with Crippen LogP contribution in [-0.4, -0.2) is 54.7 Å². The van der Waals surface area contributed by atoms with Crippen LogP contribution in [0, 0.1) is 0 Å². The molecule has 6 nitrogen and oxygen atoms in total. The van der Waals surface area contributed by atoms with Gasteiger partial charge in [-0.2, -0.15) is 4.31 Å². The standard InChI is InChI=1S/C20H25N3O3S/c1-3-16(2)17-4-6-19(7-5-17)27(25,26)23-14-12-22(13-15-23)20(24)18-8-10-21-11-9-18/h4-11,16H,3,12-15H2,1-2H3/t16-/m1/s1. The Morgan fingerprint density at radius 1 is 1.04 bits per heavy atom. The number of sulfonamides is 1. The molecule has 1 atom stereocenters. The highest BCUT2D eigenvalue weighted by atomic mass is 32.2. The molecular formula is C20H25N3O3S. The van der Waals surface area contributed by atoms with Gasteiger partial charge in [-0.1, -0.05) is 26.0 Å². The quantitative estimate of drug-likeness (QED) is 0.791. The van der Waals surface area contributed by atoms with Crippen LogP contribution in [0.3, 0.4) is 0 Å². The van der Waals surface area contributed by atoms with Crippen molar-refractivity contribution in [3.05, 3.63) is 59.9 Å². The Morgan fingerprint density at radius 2 is 1.63 bits per heavy atom. The van der Waals surface area contributed by atoms with Gasteiger partial charge in [0.15, 0.2) is 0 Å². The largest absolute Gasteiger partial charge is 0.336 e. The predicted octanol–water partition coefficient (Wildman–Crippen LogP) is 2.74. The van der Waals surface area contributed by atoms with E-state index in [2.05, 4.69) is 18.8 Å². The van der Waals surface area contributed by atoms with Gasteiger partial charge in [0.2, 0.25) is 10.0 Å². The molecule has 0 spiro atoms.